The fraction of sp³-hybridized carbons (Fsp3) is 0.571. The molecule has 0 saturated heterocycles. The van der Waals surface area contributed by atoms with Crippen LogP contribution >= 0.6 is 0 Å². The van der Waals surface area contributed by atoms with Gasteiger partial charge in [-0.1, -0.05) is 6.92 Å². The van der Waals surface area contributed by atoms with Gasteiger partial charge in [0.1, 0.15) is 0 Å². The van der Waals surface area contributed by atoms with Gasteiger partial charge in [0, 0.05) is 31.5 Å². The van der Waals surface area contributed by atoms with Gasteiger partial charge in [-0.25, -0.2) is 4.68 Å². The molecule has 0 atom stereocenters. The Morgan fingerprint density at radius 3 is 2.62 bits per heavy atom. The standard InChI is InChI=1S/C14H23N7/c1-5-8-15-12-17-13(20(6-2)11(3)4)19-14(18-12)21-10-7-9-16-21/h7,9-11H,5-6,8H2,1-4H3,(H,15,17,18,19). The Kier molecular flexibility index (Phi) is 5.08. The van der Waals surface area contributed by atoms with Gasteiger partial charge in [0.15, 0.2) is 0 Å². The summed E-state index contributed by atoms with van der Waals surface area (Å²) in [6, 6.07) is 2.17. The molecule has 0 aliphatic rings. The molecule has 7 heteroatoms. The zero-order valence-corrected chi connectivity index (χ0v) is 13.1. The molecule has 2 heterocycles. The van der Waals surface area contributed by atoms with Crippen molar-refractivity contribution in [2.45, 2.75) is 40.2 Å². The molecule has 0 bridgehead atoms. The van der Waals surface area contributed by atoms with Gasteiger partial charge in [-0.05, 0) is 33.3 Å². The zero-order chi connectivity index (χ0) is 15.2. The predicted octanol–water partition coefficient (Wildman–Crippen LogP) is 2.11. The first-order valence-corrected chi connectivity index (χ1v) is 7.42. The van der Waals surface area contributed by atoms with Crippen LogP contribution in [0, 0.1) is 0 Å². The summed E-state index contributed by atoms with van der Waals surface area (Å²) in [5.41, 5.74) is 0. The van der Waals surface area contributed by atoms with Crippen LogP contribution in [0.5, 0.6) is 0 Å². The number of anilines is 2. The van der Waals surface area contributed by atoms with Crippen molar-refractivity contribution in [1.82, 2.24) is 24.7 Å². The van der Waals surface area contributed by atoms with Crippen molar-refractivity contribution in [3.63, 3.8) is 0 Å². The molecule has 114 valence electrons. The Morgan fingerprint density at radius 1 is 1.24 bits per heavy atom. The van der Waals surface area contributed by atoms with Crippen molar-refractivity contribution in [1.29, 1.82) is 0 Å². The first-order valence-electron chi connectivity index (χ1n) is 7.42. The van der Waals surface area contributed by atoms with Gasteiger partial charge in [-0.3, -0.25) is 0 Å². The van der Waals surface area contributed by atoms with E-state index in [-0.39, 0.29) is 0 Å². The van der Waals surface area contributed by atoms with Crippen LogP contribution in [0.2, 0.25) is 0 Å². The van der Waals surface area contributed by atoms with Gasteiger partial charge in [-0.2, -0.15) is 20.1 Å². The van der Waals surface area contributed by atoms with E-state index in [1.807, 2.05) is 12.3 Å². The van der Waals surface area contributed by atoms with Crippen LogP contribution in [-0.4, -0.2) is 43.9 Å². The number of nitrogens with one attached hydrogen (secondary N) is 1. The highest BCUT2D eigenvalue weighted by Crippen LogP contribution is 2.15. The molecule has 2 aromatic heterocycles. The Labute approximate surface area is 125 Å². The molecule has 0 aromatic carbocycles. The van der Waals surface area contributed by atoms with E-state index < -0.39 is 0 Å². The third-order valence-corrected chi connectivity index (χ3v) is 3.08. The highest BCUT2D eigenvalue weighted by molar-refractivity contribution is 5.40. The lowest BCUT2D eigenvalue weighted by Crippen LogP contribution is -2.32. The lowest BCUT2D eigenvalue weighted by molar-refractivity contribution is 0.671. The first-order chi connectivity index (χ1) is 10.2. The number of hydrogen-bond acceptors (Lipinski definition) is 6. The molecule has 2 rings (SSSR count). The van der Waals surface area contributed by atoms with Crippen LogP contribution in [0.1, 0.15) is 34.1 Å². The topological polar surface area (TPSA) is 71.8 Å². The predicted molar refractivity (Wildman–Crippen MR) is 83.9 cm³/mol. The number of rotatable bonds is 7. The minimum absolute atomic E-state index is 0.321. The van der Waals surface area contributed by atoms with Gasteiger partial charge < -0.3 is 10.2 Å². The van der Waals surface area contributed by atoms with E-state index in [0.29, 0.717) is 23.9 Å². The number of nitrogens with zero attached hydrogens (tertiary/aromatic N) is 6. The molecule has 1 N–H and O–H groups in total. The maximum atomic E-state index is 4.54. The van der Waals surface area contributed by atoms with Crippen molar-refractivity contribution in [3.05, 3.63) is 18.5 Å². The summed E-state index contributed by atoms with van der Waals surface area (Å²) in [6.45, 7) is 10.1. The van der Waals surface area contributed by atoms with E-state index in [0.717, 1.165) is 19.5 Å². The van der Waals surface area contributed by atoms with E-state index in [1.54, 1.807) is 10.9 Å². The lowest BCUT2D eigenvalue weighted by atomic mass is 10.3. The fourth-order valence-corrected chi connectivity index (χ4v) is 2.03. The summed E-state index contributed by atoms with van der Waals surface area (Å²) in [5, 5.41) is 7.42. The quantitative estimate of drug-likeness (QED) is 0.841. The van der Waals surface area contributed by atoms with Crippen LogP contribution in [0.25, 0.3) is 5.95 Å². The van der Waals surface area contributed by atoms with Crippen LogP contribution in [0.4, 0.5) is 11.9 Å². The molecular weight excluding hydrogens is 266 g/mol. The van der Waals surface area contributed by atoms with E-state index >= 15 is 0 Å². The molecule has 0 radical (unpaired) electrons. The Hall–Kier alpha value is -2.18. The summed E-state index contributed by atoms with van der Waals surface area (Å²) in [6.07, 6.45) is 4.55. The summed E-state index contributed by atoms with van der Waals surface area (Å²) in [5.74, 6) is 1.79. The fourth-order valence-electron chi connectivity index (χ4n) is 2.03. The summed E-state index contributed by atoms with van der Waals surface area (Å²) in [7, 11) is 0. The minimum Gasteiger partial charge on any atom is -0.354 e. The third kappa shape index (κ3) is 3.68. The molecule has 21 heavy (non-hydrogen) atoms. The molecule has 0 amide bonds. The van der Waals surface area contributed by atoms with Crippen molar-refractivity contribution in [2.24, 2.45) is 0 Å². The monoisotopic (exact) mass is 289 g/mol. The van der Waals surface area contributed by atoms with E-state index in [1.165, 1.54) is 0 Å². The van der Waals surface area contributed by atoms with Crippen molar-refractivity contribution in [3.8, 4) is 5.95 Å². The molecule has 2 aromatic rings. The average Bonchev–Trinajstić information content (AvgIpc) is 2.99. The second-order valence-electron chi connectivity index (χ2n) is 5.02. The first kappa shape index (κ1) is 15.2. The van der Waals surface area contributed by atoms with Crippen LogP contribution in [0.15, 0.2) is 18.5 Å². The molecule has 7 nitrogen and oxygen atoms in total. The number of aromatic nitrogens is 5. The normalized spacial score (nSPS) is 10.9. The molecule has 0 saturated carbocycles. The van der Waals surface area contributed by atoms with Gasteiger partial charge >= 0.3 is 0 Å². The molecule has 0 aliphatic heterocycles. The Morgan fingerprint density at radius 2 is 2.05 bits per heavy atom. The van der Waals surface area contributed by atoms with Gasteiger partial charge in [0.2, 0.25) is 11.9 Å². The van der Waals surface area contributed by atoms with Crippen LogP contribution in [-0.2, 0) is 0 Å². The average molecular weight is 289 g/mol. The summed E-state index contributed by atoms with van der Waals surface area (Å²) < 4.78 is 1.65. The van der Waals surface area contributed by atoms with Crippen molar-refractivity contribution >= 4 is 11.9 Å². The molecule has 0 aliphatic carbocycles. The summed E-state index contributed by atoms with van der Waals surface area (Å²) >= 11 is 0. The molecule has 0 spiro atoms. The molecule has 0 unspecified atom stereocenters. The van der Waals surface area contributed by atoms with Gasteiger partial charge in [0.25, 0.3) is 5.95 Å². The molecule has 0 fully saturated rings. The van der Waals surface area contributed by atoms with Crippen LogP contribution < -0.4 is 10.2 Å². The SMILES string of the molecule is CCCNc1nc(N(CC)C(C)C)nc(-n2cccn2)n1. The zero-order valence-electron chi connectivity index (χ0n) is 13.1. The Bertz CT molecular complexity index is 550. The van der Waals surface area contributed by atoms with E-state index in [2.05, 4.69) is 58.0 Å². The third-order valence-electron chi connectivity index (χ3n) is 3.08. The second kappa shape index (κ2) is 7.01. The highest BCUT2D eigenvalue weighted by atomic mass is 15.4. The lowest BCUT2D eigenvalue weighted by Gasteiger charge is -2.25. The maximum Gasteiger partial charge on any atom is 0.257 e. The van der Waals surface area contributed by atoms with Crippen molar-refractivity contribution in [2.75, 3.05) is 23.3 Å². The van der Waals surface area contributed by atoms with Crippen molar-refractivity contribution < 1.29 is 0 Å². The highest BCUT2D eigenvalue weighted by Gasteiger charge is 2.15. The number of hydrogen-bond donors (Lipinski definition) is 1. The van der Waals surface area contributed by atoms with E-state index in [9.17, 15) is 0 Å². The minimum atomic E-state index is 0.321. The maximum absolute atomic E-state index is 4.54. The van der Waals surface area contributed by atoms with Crippen LogP contribution in [0.3, 0.4) is 0 Å². The molecular formula is C14H23N7. The van der Waals surface area contributed by atoms with E-state index in [4.69, 9.17) is 0 Å². The van der Waals surface area contributed by atoms with Gasteiger partial charge in [0.05, 0.1) is 0 Å². The van der Waals surface area contributed by atoms with Gasteiger partial charge in [-0.15, -0.1) is 0 Å². The largest absolute Gasteiger partial charge is 0.354 e. The second-order valence-corrected chi connectivity index (χ2v) is 5.02. The summed E-state index contributed by atoms with van der Waals surface area (Å²) in [4.78, 5) is 15.6. The Balaban J connectivity index is 2.41. The smallest absolute Gasteiger partial charge is 0.257 e.